The Morgan fingerprint density at radius 3 is 2.94 bits per heavy atom. The van der Waals surface area contributed by atoms with E-state index in [4.69, 9.17) is 4.42 Å². The summed E-state index contributed by atoms with van der Waals surface area (Å²) in [6.07, 6.45) is 1.61. The fourth-order valence-corrected chi connectivity index (χ4v) is 1.93. The zero-order valence-electron chi connectivity index (χ0n) is 9.51. The summed E-state index contributed by atoms with van der Waals surface area (Å²) in [6.45, 7) is 2.11. The van der Waals surface area contributed by atoms with Gasteiger partial charge in [-0.25, -0.2) is 4.98 Å². The van der Waals surface area contributed by atoms with Gasteiger partial charge in [0.25, 0.3) is 5.69 Å². The molecular weight excluding hydrogens is 349 g/mol. The van der Waals surface area contributed by atoms with Crippen LogP contribution in [0.1, 0.15) is 11.7 Å². The van der Waals surface area contributed by atoms with Gasteiger partial charge < -0.3 is 9.73 Å². The van der Waals surface area contributed by atoms with Crippen molar-refractivity contribution < 1.29 is 9.34 Å². The number of nitrogens with zero attached hydrogens (tertiary/aromatic N) is 2. The number of nitrogens with one attached hydrogen (secondary N) is 1. The first-order valence-corrected chi connectivity index (χ1v) is 6.23. The van der Waals surface area contributed by atoms with Gasteiger partial charge >= 0.3 is 0 Å². The molecule has 0 unspecified atom stereocenters. The van der Waals surface area contributed by atoms with Gasteiger partial charge in [0.1, 0.15) is 11.4 Å². The van der Waals surface area contributed by atoms with Gasteiger partial charge in [0.05, 0.1) is 17.7 Å². The van der Waals surface area contributed by atoms with E-state index < -0.39 is 4.92 Å². The zero-order valence-corrected chi connectivity index (χ0v) is 11.7. The summed E-state index contributed by atoms with van der Waals surface area (Å²) in [5.41, 5.74) is 0.501. The monoisotopic (exact) mass is 359 g/mol. The maximum Gasteiger partial charge on any atom is 0.293 e. The summed E-state index contributed by atoms with van der Waals surface area (Å²) in [6, 6.07) is 5.00. The smallest absolute Gasteiger partial charge is 0.293 e. The number of aromatic nitrogens is 1. The highest BCUT2D eigenvalue weighted by molar-refractivity contribution is 14.1. The predicted octanol–water partition coefficient (Wildman–Crippen LogP) is 3.11. The van der Waals surface area contributed by atoms with Crippen LogP contribution in [0.25, 0.3) is 0 Å². The predicted molar refractivity (Wildman–Crippen MR) is 74.4 cm³/mol. The molecule has 1 N–H and O–H groups in total. The van der Waals surface area contributed by atoms with Crippen LogP contribution in [0.15, 0.2) is 28.8 Å². The van der Waals surface area contributed by atoms with Gasteiger partial charge in [-0.2, -0.15) is 0 Å². The molecule has 0 aliphatic rings. The number of halogens is 1. The molecule has 6 nitrogen and oxygen atoms in total. The second kappa shape index (κ2) is 5.34. The van der Waals surface area contributed by atoms with Crippen LogP contribution in [0.4, 0.5) is 11.4 Å². The van der Waals surface area contributed by atoms with Crippen LogP contribution in [0.5, 0.6) is 0 Å². The van der Waals surface area contributed by atoms with Crippen LogP contribution in [0, 0.1) is 20.6 Å². The third-order valence-electron chi connectivity index (χ3n) is 2.26. The molecule has 0 aliphatic carbocycles. The van der Waals surface area contributed by atoms with Crippen LogP contribution in [-0.2, 0) is 6.54 Å². The van der Waals surface area contributed by atoms with Gasteiger partial charge in [-0.15, -0.1) is 0 Å². The van der Waals surface area contributed by atoms with Crippen LogP contribution < -0.4 is 5.32 Å². The van der Waals surface area contributed by atoms with Gasteiger partial charge in [0.2, 0.25) is 5.89 Å². The van der Waals surface area contributed by atoms with E-state index >= 15 is 0 Å². The zero-order chi connectivity index (χ0) is 13.1. The molecule has 0 aliphatic heterocycles. The number of nitro groups is 1. The van der Waals surface area contributed by atoms with Crippen molar-refractivity contribution in [2.75, 3.05) is 5.32 Å². The Bertz CT molecular complexity index is 583. The maximum atomic E-state index is 10.9. The summed E-state index contributed by atoms with van der Waals surface area (Å²) in [5.74, 6) is 1.21. The Labute approximate surface area is 117 Å². The van der Waals surface area contributed by atoms with Crippen molar-refractivity contribution in [2.45, 2.75) is 13.5 Å². The first-order chi connectivity index (χ1) is 8.56. The van der Waals surface area contributed by atoms with E-state index in [0.717, 1.165) is 3.57 Å². The lowest BCUT2D eigenvalue weighted by atomic mass is 10.2. The van der Waals surface area contributed by atoms with Gasteiger partial charge in [0, 0.05) is 9.64 Å². The largest absolute Gasteiger partial charge is 0.444 e. The van der Waals surface area contributed by atoms with E-state index in [-0.39, 0.29) is 5.69 Å². The molecular formula is C11H10IN3O3. The Hall–Kier alpha value is -1.64. The maximum absolute atomic E-state index is 10.9. The molecule has 0 amide bonds. The summed E-state index contributed by atoms with van der Waals surface area (Å²) in [5, 5.41) is 13.9. The van der Waals surface area contributed by atoms with E-state index in [9.17, 15) is 10.1 Å². The molecule has 1 aromatic heterocycles. The molecule has 0 bridgehead atoms. The summed E-state index contributed by atoms with van der Waals surface area (Å²) >= 11 is 2.04. The summed E-state index contributed by atoms with van der Waals surface area (Å²) < 4.78 is 6.10. The first kappa shape index (κ1) is 12.8. The van der Waals surface area contributed by atoms with Gasteiger partial charge in [-0.1, -0.05) is 0 Å². The number of oxazole rings is 1. The number of anilines is 1. The van der Waals surface area contributed by atoms with Crippen LogP contribution in [0.2, 0.25) is 0 Å². The number of benzene rings is 1. The Morgan fingerprint density at radius 1 is 1.56 bits per heavy atom. The molecule has 7 heteroatoms. The minimum absolute atomic E-state index is 0.0465. The summed E-state index contributed by atoms with van der Waals surface area (Å²) in [4.78, 5) is 14.5. The quantitative estimate of drug-likeness (QED) is 0.515. The lowest BCUT2D eigenvalue weighted by Gasteiger charge is -2.05. The van der Waals surface area contributed by atoms with E-state index in [1.165, 1.54) is 6.07 Å². The molecule has 0 radical (unpaired) electrons. The van der Waals surface area contributed by atoms with Crippen LogP contribution >= 0.6 is 22.6 Å². The Balaban J connectivity index is 2.16. The normalized spacial score (nSPS) is 10.3. The topological polar surface area (TPSA) is 81.2 Å². The lowest BCUT2D eigenvalue weighted by molar-refractivity contribution is -0.384. The van der Waals surface area contributed by atoms with E-state index in [1.807, 2.05) is 22.6 Å². The number of hydrogen-bond donors (Lipinski definition) is 1. The highest BCUT2D eigenvalue weighted by Gasteiger charge is 2.14. The Kier molecular flexibility index (Phi) is 3.80. The molecule has 0 atom stereocenters. The van der Waals surface area contributed by atoms with E-state index in [0.29, 0.717) is 23.9 Å². The molecule has 94 valence electrons. The highest BCUT2D eigenvalue weighted by Crippen LogP contribution is 2.26. The van der Waals surface area contributed by atoms with E-state index in [2.05, 4.69) is 10.3 Å². The van der Waals surface area contributed by atoms with Crippen LogP contribution in [-0.4, -0.2) is 9.91 Å². The fourth-order valence-electron chi connectivity index (χ4n) is 1.46. The number of rotatable bonds is 4. The molecule has 0 spiro atoms. The van der Waals surface area contributed by atoms with Gasteiger partial charge in [-0.3, -0.25) is 10.1 Å². The van der Waals surface area contributed by atoms with Crippen molar-refractivity contribution in [3.05, 3.63) is 49.7 Å². The minimum Gasteiger partial charge on any atom is -0.444 e. The van der Waals surface area contributed by atoms with Crippen molar-refractivity contribution in [3.63, 3.8) is 0 Å². The third kappa shape index (κ3) is 2.97. The molecule has 0 saturated carbocycles. The minimum atomic E-state index is -0.411. The molecule has 18 heavy (non-hydrogen) atoms. The molecule has 2 rings (SSSR count). The standard InChI is InChI=1S/C11H10IN3O3/c1-7-5-14-11(18-7)6-13-9-3-2-8(12)4-10(9)15(16)17/h2-5,13H,6H2,1H3. The molecule has 2 aromatic rings. The van der Waals surface area contributed by atoms with Crippen molar-refractivity contribution in [1.29, 1.82) is 0 Å². The third-order valence-corrected chi connectivity index (χ3v) is 2.93. The average Bonchev–Trinajstić information content (AvgIpc) is 2.73. The second-order valence-corrected chi connectivity index (χ2v) is 4.88. The van der Waals surface area contributed by atoms with Crippen molar-refractivity contribution in [2.24, 2.45) is 0 Å². The number of aryl methyl sites for hydroxylation is 1. The number of nitro benzene ring substituents is 1. The second-order valence-electron chi connectivity index (χ2n) is 3.64. The van der Waals surface area contributed by atoms with Crippen molar-refractivity contribution in [1.82, 2.24) is 4.98 Å². The van der Waals surface area contributed by atoms with Crippen molar-refractivity contribution >= 4 is 34.0 Å². The van der Waals surface area contributed by atoms with Crippen LogP contribution in [0.3, 0.4) is 0 Å². The highest BCUT2D eigenvalue weighted by atomic mass is 127. The van der Waals surface area contributed by atoms with Gasteiger partial charge in [0.15, 0.2) is 0 Å². The average molecular weight is 359 g/mol. The molecule has 0 fully saturated rings. The van der Waals surface area contributed by atoms with Gasteiger partial charge in [-0.05, 0) is 41.6 Å². The summed E-state index contributed by atoms with van der Waals surface area (Å²) in [7, 11) is 0. The molecule has 1 aromatic carbocycles. The van der Waals surface area contributed by atoms with Crippen molar-refractivity contribution in [3.8, 4) is 0 Å². The SMILES string of the molecule is Cc1cnc(CNc2ccc(I)cc2[N+](=O)[O-])o1. The molecule has 1 heterocycles. The van der Waals surface area contributed by atoms with E-state index in [1.54, 1.807) is 25.3 Å². The fraction of sp³-hybridized carbons (Fsp3) is 0.182. The lowest BCUT2D eigenvalue weighted by Crippen LogP contribution is -2.03. The molecule has 0 saturated heterocycles. The first-order valence-electron chi connectivity index (χ1n) is 5.15. The number of hydrogen-bond acceptors (Lipinski definition) is 5. The Morgan fingerprint density at radius 2 is 2.33 bits per heavy atom.